The summed E-state index contributed by atoms with van der Waals surface area (Å²) in [4.78, 5) is 2.94. The monoisotopic (exact) mass is 326 g/mol. The van der Waals surface area contributed by atoms with E-state index in [1.807, 2.05) is 0 Å². The Balaban J connectivity index is 2.63. The highest BCUT2D eigenvalue weighted by Gasteiger charge is 2.26. The Labute approximate surface area is 152 Å². The molecule has 114 valence electrons. The molecule has 0 bridgehead atoms. The van der Waals surface area contributed by atoms with E-state index in [0.29, 0.717) is 0 Å². The fourth-order valence-corrected chi connectivity index (χ4v) is 2.10. The zero-order valence-electron chi connectivity index (χ0n) is 21.7. The Morgan fingerprint density at radius 1 is 0.875 bits per heavy atom. The number of nitriles is 1. The highest BCUT2D eigenvalue weighted by atomic mass is 19.1. The number of halogens is 2. The lowest BCUT2D eigenvalue weighted by Gasteiger charge is -2.14. The fraction of sp³-hybridized carbons (Fsp3) is 0. The normalized spacial score (nSPS) is 15.8. The minimum atomic E-state index is -1.72. The third-order valence-electron chi connectivity index (χ3n) is 3.08. The average Bonchev–Trinajstić information content (AvgIpc) is 2.81. The van der Waals surface area contributed by atoms with E-state index in [2.05, 4.69) is 4.85 Å². The topological polar surface area (TPSA) is 28.1 Å². The number of benzene rings is 3. The molecule has 3 aromatic rings. The standard InChI is InChI=1S/C20H10F2N2/c1-24-20-16(13-8-4-2-5-9-13)15(12-23)18(21)17(19(20)22)14-10-6-3-7-11-14/h2-11H/i2D,3D,4D,5D,6D,7D,8D,9D,10D,11D. The number of nitrogens with zero attached hydrogens (tertiary/aromatic N) is 2. The van der Waals surface area contributed by atoms with Gasteiger partial charge in [-0.25, -0.2) is 13.6 Å². The van der Waals surface area contributed by atoms with Crippen LogP contribution in [0, 0.1) is 29.5 Å². The van der Waals surface area contributed by atoms with Gasteiger partial charge in [-0.15, -0.1) is 0 Å². The van der Waals surface area contributed by atoms with Crippen LogP contribution in [-0.2, 0) is 0 Å². The molecule has 0 N–H and O–H groups in total. The van der Waals surface area contributed by atoms with Crippen LogP contribution in [0.1, 0.15) is 19.3 Å². The van der Waals surface area contributed by atoms with E-state index < -0.39 is 106 Å². The quantitative estimate of drug-likeness (QED) is 0.553. The van der Waals surface area contributed by atoms with Gasteiger partial charge < -0.3 is 0 Å². The van der Waals surface area contributed by atoms with E-state index >= 15 is 8.78 Å². The molecule has 3 rings (SSSR count). The van der Waals surface area contributed by atoms with Gasteiger partial charge in [0.2, 0.25) is 5.69 Å². The first-order valence-electron chi connectivity index (χ1n) is 11.3. The van der Waals surface area contributed by atoms with Crippen LogP contribution in [0.15, 0.2) is 60.4 Å². The molecule has 0 spiro atoms. The van der Waals surface area contributed by atoms with Gasteiger partial charge in [0, 0.05) is 11.1 Å². The van der Waals surface area contributed by atoms with E-state index in [-0.39, 0.29) is 0 Å². The smallest absolute Gasteiger partial charge is 0.231 e. The summed E-state index contributed by atoms with van der Waals surface area (Å²) in [5, 5.41) is 9.64. The van der Waals surface area contributed by atoms with Crippen LogP contribution in [0.3, 0.4) is 0 Å². The van der Waals surface area contributed by atoms with Gasteiger partial charge in [-0.1, -0.05) is 60.4 Å². The highest BCUT2D eigenvalue weighted by molar-refractivity contribution is 5.89. The van der Waals surface area contributed by atoms with Crippen molar-refractivity contribution in [3.63, 3.8) is 0 Å². The molecule has 0 aromatic heterocycles. The van der Waals surface area contributed by atoms with Gasteiger partial charge in [-0.2, -0.15) is 5.26 Å². The fourth-order valence-electron chi connectivity index (χ4n) is 2.10. The summed E-state index contributed by atoms with van der Waals surface area (Å²) in [7, 11) is 0. The molecule has 0 aliphatic carbocycles. The Bertz CT molecular complexity index is 1410. The lowest BCUT2D eigenvalue weighted by atomic mass is 9.92. The molecule has 0 unspecified atom stereocenters. The van der Waals surface area contributed by atoms with Gasteiger partial charge in [0.15, 0.2) is 0 Å². The second-order valence-corrected chi connectivity index (χ2v) is 4.33. The van der Waals surface area contributed by atoms with E-state index in [1.54, 1.807) is 0 Å². The summed E-state index contributed by atoms with van der Waals surface area (Å²) in [6, 6.07) is -7.61. The molecule has 0 aliphatic heterocycles. The highest BCUT2D eigenvalue weighted by Crippen LogP contribution is 2.42. The first kappa shape index (κ1) is 7.38. The Kier molecular flexibility index (Phi) is 1.94. The predicted molar refractivity (Wildman–Crippen MR) is 88.2 cm³/mol. The van der Waals surface area contributed by atoms with Gasteiger partial charge in [-0.3, -0.25) is 0 Å². The van der Waals surface area contributed by atoms with Gasteiger partial charge in [-0.05, 0) is 11.1 Å². The summed E-state index contributed by atoms with van der Waals surface area (Å²) in [5.41, 5.74) is -6.07. The van der Waals surface area contributed by atoms with Gasteiger partial charge in [0.05, 0.1) is 25.8 Å². The van der Waals surface area contributed by atoms with E-state index in [0.717, 1.165) is 0 Å². The minimum Gasteiger partial charge on any atom is -0.234 e. The minimum absolute atomic E-state index is 0.793. The molecule has 0 heterocycles. The van der Waals surface area contributed by atoms with Crippen LogP contribution in [0.2, 0.25) is 0 Å². The molecule has 0 fully saturated rings. The largest absolute Gasteiger partial charge is 0.234 e. The Hall–Kier alpha value is -3.50. The van der Waals surface area contributed by atoms with Crippen LogP contribution in [-0.4, -0.2) is 0 Å². The lowest BCUT2D eigenvalue weighted by Crippen LogP contribution is -1.99. The molecular formula is C20H10F2N2. The van der Waals surface area contributed by atoms with Crippen molar-refractivity contribution in [3.05, 3.63) is 89.0 Å². The number of hydrogen-bond acceptors (Lipinski definition) is 1. The average molecular weight is 326 g/mol. The van der Waals surface area contributed by atoms with Crippen molar-refractivity contribution in [2.45, 2.75) is 0 Å². The van der Waals surface area contributed by atoms with Crippen molar-refractivity contribution < 1.29 is 22.5 Å². The summed E-state index contributed by atoms with van der Waals surface area (Å²) >= 11 is 0. The summed E-state index contributed by atoms with van der Waals surface area (Å²) in [6.07, 6.45) is 0. The van der Waals surface area contributed by atoms with Crippen LogP contribution in [0.4, 0.5) is 14.5 Å². The van der Waals surface area contributed by atoms with Crippen LogP contribution in [0.5, 0.6) is 0 Å². The molecule has 0 atom stereocenters. The second-order valence-electron chi connectivity index (χ2n) is 4.33. The van der Waals surface area contributed by atoms with Crippen molar-refractivity contribution >= 4 is 5.69 Å². The molecule has 0 aliphatic rings. The summed E-state index contributed by atoms with van der Waals surface area (Å²) in [6.45, 7) is 7.39. The first-order valence-corrected chi connectivity index (χ1v) is 6.30. The number of hydrogen-bond donors (Lipinski definition) is 0. The molecule has 24 heavy (non-hydrogen) atoms. The van der Waals surface area contributed by atoms with Gasteiger partial charge >= 0.3 is 0 Å². The summed E-state index contributed by atoms with van der Waals surface area (Å²) < 4.78 is 110. The molecule has 0 saturated heterocycles. The van der Waals surface area contributed by atoms with E-state index in [9.17, 15) is 5.26 Å². The predicted octanol–water partition coefficient (Wildman–Crippen LogP) is 5.72. The van der Waals surface area contributed by atoms with E-state index in [4.69, 9.17) is 20.3 Å². The molecule has 4 heteroatoms. The zero-order chi connectivity index (χ0) is 25.8. The maximum Gasteiger partial charge on any atom is 0.231 e. The van der Waals surface area contributed by atoms with Crippen LogP contribution >= 0.6 is 0 Å². The van der Waals surface area contributed by atoms with Crippen LogP contribution in [0.25, 0.3) is 27.1 Å². The molecule has 2 nitrogen and oxygen atoms in total. The maximum absolute atomic E-state index is 15.6. The zero-order valence-corrected chi connectivity index (χ0v) is 11.7. The Morgan fingerprint density at radius 3 is 1.83 bits per heavy atom. The van der Waals surface area contributed by atoms with Gasteiger partial charge in [0.1, 0.15) is 17.7 Å². The lowest BCUT2D eigenvalue weighted by molar-refractivity contribution is 0.591. The van der Waals surface area contributed by atoms with Crippen molar-refractivity contribution in [2.75, 3.05) is 0 Å². The first-order chi connectivity index (χ1) is 15.8. The van der Waals surface area contributed by atoms with E-state index in [1.165, 1.54) is 6.07 Å². The van der Waals surface area contributed by atoms with Crippen molar-refractivity contribution in [1.82, 2.24) is 0 Å². The van der Waals surface area contributed by atoms with Crippen LogP contribution < -0.4 is 0 Å². The molecule has 0 radical (unpaired) electrons. The third kappa shape index (κ3) is 2.41. The van der Waals surface area contributed by atoms with Crippen molar-refractivity contribution in [2.24, 2.45) is 0 Å². The van der Waals surface area contributed by atoms with Crippen molar-refractivity contribution in [3.8, 4) is 28.3 Å². The van der Waals surface area contributed by atoms with Crippen molar-refractivity contribution in [1.29, 1.82) is 5.26 Å². The maximum atomic E-state index is 15.6. The SMILES string of the molecule is [2H]c1c([2H])c([2H])c(-c2c(F)c(C#N)c(-c3c([2H])c([2H])c([2H])c([2H])c3[2H])c([N+]#[C-])c2F)c([2H])c1[2H]. The molecule has 3 aromatic carbocycles. The summed E-state index contributed by atoms with van der Waals surface area (Å²) in [5.74, 6) is -3.43. The van der Waals surface area contributed by atoms with Gasteiger partial charge in [0.25, 0.3) is 0 Å². The third-order valence-corrected chi connectivity index (χ3v) is 3.08. The number of rotatable bonds is 2. The molecule has 0 amide bonds. The second kappa shape index (κ2) is 6.32. The Morgan fingerprint density at radius 2 is 1.38 bits per heavy atom. The molecular weight excluding hydrogens is 306 g/mol. The molecule has 0 saturated carbocycles.